The molecule has 13 heavy (non-hydrogen) atoms. The van der Waals surface area contributed by atoms with Gasteiger partial charge in [0.05, 0.1) is 0 Å². The van der Waals surface area contributed by atoms with Crippen LogP contribution in [0.15, 0.2) is 12.2 Å². The lowest BCUT2D eigenvalue weighted by atomic mass is 10.1. The molecule has 2 N–H and O–H groups in total. The van der Waals surface area contributed by atoms with E-state index in [9.17, 15) is 4.79 Å². The summed E-state index contributed by atoms with van der Waals surface area (Å²) in [5, 5.41) is 5.80. The number of carbonyl (C=O) groups excluding carboxylic acids is 1. The lowest BCUT2D eigenvalue weighted by molar-refractivity contribution is -0.117. The van der Waals surface area contributed by atoms with Crippen molar-refractivity contribution < 1.29 is 4.79 Å². The molecule has 0 aliphatic carbocycles. The summed E-state index contributed by atoms with van der Waals surface area (Å²) < 4.78 is 0. The fraction of sp³-hybridized carbons (Fsp3) is 0.700. The molecule has 0 unspecified atom stereocenters. The van der Waals surface area contributed by atoms with Crippen LogP contribution in [0.1, 0.15) is 26.2 Å². The molecule has 0 aromatic heterocycles. The van der Waals surface area contributed by atoms with Gasteiger partial charge in [-0.05, 0) is 39.8 Å². The van der Waals surface area contributed by atoms with Crippen LogP contribution in [0.4, 0.5) is 0 Å². The number of unbranched alkanes of at least 4 members (excludes halogenated alkanes) is 1. The van der Waals surface area contributed by atoms with E-state index in [4.69, 9.17) is 0 Å². The molecule has 3 heteroatoms. The number of likely N-dealkylation sites (N-methyl/N-ethyl adjacent to an activating group) is 1. The zero-order chi connectivity index (χ0) is 10.1. The fourth-order valence-corrected chi connectivity index (χ4v) is 1.04. The highest BCUT2D eigenvalue weighted by Gasteiger charge is 2.03. The van der Waals surface area contributed by atoms with Crippen LogP contribution in [-0.4, -0.2) is 26.0 Å². The van der Waals surface area contributed by atoms with Crippen molar-refractivity contribution in [1.29, 1.82) is 0 Å². The predicted molar refractivity (Wildman–Crippen MR) is 55.6 cm³/mol. The summed E-state index contributed by atoms with van der Waals surface area (Å²) in [5.74, 6) is -0.00745. The molecule has 3 nitrogen and oxygen atoms in total. The Morgan fingerprint density at radius 2 is 2.08 bits per heavy atom. The van der Waals surface area contributed by atoms with Gasteiger partial charge in [-0.2, -0.15) is 0 Å². The Balaban J connectivity index is 3.44. The summed E-state index contributed by atoms with van der Waals surface area (Å²) in [5.41, 5.74) is 0.693. The first-order valence-corrected chi connectivity index (χ1v) is 4.83. The minimum absolute atomic E-state index is 0.00745. The number of carbonyl (C=O) groups is 1. The summed E-state index contributed by atoms with van der Waals surface area (Å²) >= 11 is 0. The largest absolute Gasteiger partial charge is 0.353 e. The third kappa shape index (κ3) is 6.34. The van der Waals surface area contributed by atoms with Gasteiger partial charge in [0.1, 0.15) is 0 Å². The average molecular weight is 184 g/mol. The summed E-state index contributed by atoms with van der Waals surface area (Å²) in [7, 11) is 1.93. The second-order valence-corrected chi connectivity index (χ2v) is 3.02. The molecule has 0 heterocycles. The van der Waals surface area contributed by atoms with Crippen molar-refractivity contribution in [2.24, 2.45) is 0 Å². The van der Waals surface area contributed by atoms with Gasteiger partial charge in [0.25, 0.3) is 0 Å². The number of nitrogens with one attached hydrogen (secondary N) is 2. The SMILES string of the molecule is C=C(CCCCNC)C(=O)NCC. The molecular formula is C10H20N2O. The van der Waals surface area contributed by atoms with Gasteiger partial charge in [-0.15, -0.1) is 0 Å². The Morgan fingerprint density at radius 3 is 2.62 bits per heavy atom. The Bertz CT molecular complexity index is 166. The summed E-state index contributed by atoms with van der Waals surface area (Å²) in [6.45, 7) is 7.32. The first-order chi connectivity index (χ1) is 6.22. The van der Waals surface area contributed by atoms with Crippen molar-refractivity contribution in [3.63, 3.8) is 0 Å². The third-order valence-corrected chi connectivity index (χ3v) is 1.81. The second-order valence-electron chi connectivity index (χ2n) is 3.02. The molecule has 0 spiro atoms. The molecule has 76 valence electrons. The van der Waals surface area contributed by atoms with Crippen LogP contribution in [0, 0.1) is 0 Å². The number of hydrogen-bond acceptors (Lipinski definition) is 2. The molecule has 0 fully saturated rings. The topological polar surface area (TPSA) is 41.1 Å². The molecule has 0 bridgehead atoms. The first-order valence-electron chi connectivity index (χ1n) is 4.83. The maximum absolute atomic E-state index is 11.2. The third-order valence-electron chi connectivity index (χ3n) is 1.81. The van der Waals surface area contributed by atoms with E-state index in [0.717, 1.165) is 25.8 Å². The van der Waals surface area contributed by atoms with E-state index in [0.29, 0.717) is 12.1 Å². The Labute approximate surface area is 80.6 Å². The highest BCUT2D eigenvalue weighted by Crippen LogP contribution is 2.04. The fourth-order valence-electron chi connectivity index (χ4n) is 1.04. The van der Waals surface area contributed by atoms with Crippen LogP contribution in [0.3, 0.4) is 0 Å². The summed E-state index contributed by atoms with van der Waals surface area (Å²) in [6, 6.07) is 0. The number of hydrogen-bond donors (Lipinski definition) is 2. The molecule has 0 saturated carbocycles. The van der Waals surface area contributed by atoms with Crippen molar-refractivity contribution in [3.05, 3.63) is 12.2 Å². The summed E-state index contributed by atoms with van der Waals surface area (Å²) in [6.07, 6.45) is 2.92. The van der Waals surface area contributed by atoms with Gasteiger partial charge < -0.3 is 10.6 Å². The smallest absolute Gasteiger partial charge is 0.246 e. The van der Waals surface area contributed by atoms with Crippen LogP contribution in [0.2, 0.25) is 0 Å². The second kappa shape index (κ2) is 7.80. The van der Waals surface area contributed by atoms with Crippen LogP contribution >= 0.6 is 0 Å². The summed E-state index contributed by atoms with van der Waals surface area (Å²) in [4.78, 5) is 11.2. The van der Waals surface area contributed by atoms with E-state index in [1.807, 2.05) is 14.0 Å². The molecule has 0 aliphatic heterocycles. The van der Waals surface area contributed by atoms with E-state index in [1.165, 1.54) is 0 Å². The van der Waals surface area contributed by atoms with E-state index in [-0.39, 0.29) is 5.91 Å². The minimum atomic E-state index is -0.00745. The van der Waals surface area contributed by atoms with Crippen LogP contribution < -0.4 is 10.6 Å². The van der Waals surface area contributed by atoms with Crippen LogP contribution in [-0.2, 0) is 4.79 Å². The highest BCUT2D eigenvalue weighted by molar-refractivity contribution is 5.92. The lowest BCUT2D eigenvalue weighted by Gasteiger charge is -2.05. The molecule has 1 amide bonds. The van der Waals surface area contributed by atoms with Crippen LogP contribution in [0.5, 0.6) is 0 Å². The number of amides is 1. The van der Waals surface area contributed by atoms with Gasteiger partial charge in [0.2, 0.25) is 5.91 Å². The first kappa shape index (κ1) is 12.2. The Morgan fingerprint density at radius 1 is 1.38 bits per heavy atom. The van der Waals surface area contributed by atoms with Crippen molar-refractivity contribution in [1.82, 2.24) is 10.6 Å². The standard InChI is InChI=1S/C10H20N2O/c1-4-12-10(13)9(2)7-5-6-8-11-3/h11H,2,4-8H2,1,3H3,(H,12,13). The average Bonchev–Trinajstić information content (AvgIpc) is 2.12. The molecule has 0 rings (SSSR count). The monoisotopic (exact) mass is 184 g/mol. The maximum Gasteiger partial charge on any atom is 0.246 e. The van der Waals surface area contributed by atoms with E-state index in [1.54, 1.807) is 0 Å². The predicted octanol–water partition coefficient (Wildman–Crippen LogP) is 1.07. The molecule has 0 atom stereocenters. The molecule has 0 saturated heterocycles. The lowest BCUT2D eigenvalue weighted by Crippen LogP contribution is -2.24. The zero-order valence-corrected chi connectivity index (χ0v) is 8.65. The van der Waals surface area contributed by atoms with E-state index in [2.05, 4.69) is 17.2 Å². The molecular weight excluding hydrogens is 164 g/mol. The molecule has 0 aromatic rings. The number of rotatable bonds is 7. The van der Waals surface area contributed by atoms with Gasteiger partial charge >= 0.3 is 0 Å². The zero-order valence-electron chi connectivity index (χ0n) is 8.65. The van der Waals surface area contributed by atoms with Gasteiger partial charge in [-0.25, -0.2) is 0 Å². The van der Waals surface area contributed by atoms with Crippen LogP contribution in [0.25, 0.3) is 0 Å². The van der Waals surface area contributed by atoms with Gasteiger partial charge in [0, 0.05) is 12.1 Å². The Kier molecular flexibility index (Phi) is 7.30. The quantitative estimate of drug-likeness (QED) is 0.459. The van der Waals surface area contributed by atoms with E-state index >= 15 is 0 Å². The Hall–Kier alpha value is -0.830. The maximum atomic E-state index is 11.2. The molecule has 0 aliphatic rings. The molecule has 0 radical (unpaired) electrons. The molecule has 0 aromatic carbocycles. The van der Waals surface area contributed by atoms with Gasteiger partial charge in [-0.3, -0.25) is 4.79 Å². The minimum Gasteiger partial charge on any atom is -0.353 e. The van der Waals surface area contributed by atoms with Crippen molar-refractivity contribution in [3.8, 4) is 0 Å². The highest BCUT2D eigenvalue weighted by atomic mass is 16.1. The van der Waals surface area contributed by atoms with Gasteiger partial charge in [-0.1, -0.05) is 6.58 Å². The van der Waals surface area contributed by atoms with Gasteiger partial charge in [0.15, 0.2) is 0 Å². The van der Waals surface area contributed by atoms with E-state index < -0.39 is 0 Å². The van der Waals surface area contributed by atoms with Crippen molar-refractivity contribution in [2.75, 3.05) is 20.1 Å². The van der Waals surface area contributed by atoms with Crippen molar-refractivity contribution in [2.45, 2.75) is 26.2 Å². The normalized spacial score (nSPS) is 9.69. The van der Waals surface area contributed by atoms with Crippen molar-refractivity contribution >= 4 is 5.91 Å².